The number of fused-ring (bicyclic) bond motifs is 1. The van der Waals surface area contributed by atoms with Gasteiger partial charge in [-0.25, -0.2) is 4.79 Å². The molecule has 0 aliphatic carbocycles. The Bertz CT molecular complexity index is 2560. The third-order valence-electron chi connectivity index (χ3n) is 17.3. The van der Waals surface area contributed by atoms with Crippen LogP contribution in [0.3, 0.4) is 0 Å². The van der Waals surface area contributed by atoms with Gasteiger partial charge < -0.3 is 88.4 Å². The van der Waals surface area contributed by atoms with Gasteiger partial charge in [0, 0.05) is 88.7 Å². The molecule has 3 fully saturated rings. The third kappa shape index (κ3) is 16.9. The maximum atomic E-state index is 14.8. The van der Waals surface area contributed by atoms with Crippen molar-refractivity contribution in [2.45, 2.75) is 199 Å². The Morgan fingerprint density at radius 3 is 2.18 bits per heavy atom. The van der Waals surface area contributed by atoms with Crippen LogP contribution in [-0.4, -0.2) is 229 Å². The molecule has 0 bridgehead atoms. The van der Waals surface area contributed by atoms with E-state index in [2.05, 4.69) is 15.4 Å². The lowest BCUT2D eigenvalue weighted by Crippen LogP contribution is -2.61. The summed E-state index contributed by atoms with van der Waals surface area (Å²) >= 11 is 0. The number of rotatable bonds is 23. The maximum Gasteiger partial charge on any atom is 0.341 e. The number of hydrogen-bond donors (Lipinski definition) is 6. The minimum absolute atomic E-state index is 0.00241. The zero-order valence-corrected chi connectivity index (χ0v) is 52.7. The number of aliphatic hydroxyl groups is 4. The van der Waals surface area contributed by atoms with E-state index in [0.29, 0.717) is 36.5 Å². The topological polar surface area (TPSA) is 292 Å². The molecule has 0 spiro atoms. The number of cyclic esters (lactones) is 1. The van der Waals surface area contributed by atoms with Gasteiger partial charge in [0.15, 0.2) is 18.7 Å². The largest absolute Gasteiger partial charge is 0.492 e. The molecule has 24 nitrogen and oxygen atoms in total. The molecule has 5 rings (SSSR count). The van der Waals surface area contributed by atoms with Crippen LogP contribution in [0.15, 0.2) is 34.3 Å². The Kier molecular flexibility index (Phi) is 25.4. The second-order valence-electron chi connectivity index (χ2n) is 24.3. The van der Waals surface area contributed by atoms with Crippen molar-refractivity contribution in [3.8, 4) is 5.75 Å². The molecule has 84 heavy (non-hydrogen) atoms. The number of esters is 2. The molecule has 24 heteroatoms. The quantitative estimate of drug-likeness (QED) is 0.0525. The van der Waals surface area contributed by atoms with Crippen LogP contribution in [0.1, 0.15) is 126 Å². The van der Waals surface area contributed by atoms with E-state index in [1.54, 1.807) is 84.4 Å². The average Bonchev–Trinajstić information content (AvgIpc) is 2.13. The van der Waals surface area contributed by atoms with E-state index in [1.165, 1.54) is 26.3 Å². The van der Waals surface area contributed by atoms with Crippen LogP contribution in [-0.2, 0) is 47.6 Å². The number of likely N-dealkylation sites (N-methyl/N-ethyl adjacent to an activating group) is 2. The first kappa shape index (κ1) is 70.2. The first-order chi connectivity index (χ1) is 39.4. The van der Waals surface area contributed by atoms with Gasteiger partial charge >= 0.3 is 17.9 Å². The summed E-state index contributed by atoms with van der Waals surface area (Å²) in [7, 11) is 8.64. The van der Waals surface area contributed by atoms with Gasteiger partial charge in [0.2, 0.25) is 5.43 Å². The van der Waals surface area contributed by atoms with Crippen LogP contribution in [0.25, 0.3) is 10.9 Å². The smallest absolute Gasteiger partial charge is 0.341 e. The van der Waals surface area contributed by atoms with Crippen molar-refractivity contribution in [1.29, 1.82) is 0 Å². The summed E-state index contributed by atoms with van der Waals surface area (Å²) < 4.78 is 52.6. The molecule has 1 unspecified atom stereocenters. The van der Waals surface area contributed by atoms with E-state index in [0.717, 1.165) is 13.1 Å². The number of methoxy groups -OCH3 is 1. The molecule has 0 radical (unpaired) electrons. The number of pyridine rings is 1. The Morgan fingerprint density at radius 1 is 0.893 bits per heavy atom. The van der Waals surface area contributed by atoms with Gasteiger partial charge in [0.05, 0.1) is 59.7 Å². The number of carbonyl (C=O) groups excluding carboxylic acids is 2. The summed E-state index contributed by atoms with van der Waals surface area (Å²) in [4.78, 5) is 62.9. The summed E-state index contributed by atoms with van der Waals surface area (Å²) in [6.45, 7) is 24.4. The highest BCUT2D eigenvalue weighted by molar-refractivity contribution is 5.93. The molecule has 1 aromatic heterocycles. The molecular weight excluding hydrogens is 1090 g/mol. The normalized spacial score (nSPS) is 35.2. The number of aromatic carboxylic acids is 1. The van der Waals surface area contributed by atoms with Gasteiger partial charge in [-0.05, 0) is 100 Å². The predicted molar refractivity (Wildman–Crippen MR) is 315 cm³/mol. The van der Waals surface area contributed by atoms with Crippen molar-refractivity contribution in [1.82, 2.24) is 19.8 Å². The summed E-state index contributed by atoms with van der Waals surface area (Å²) in [5, 5.41) is 68.6. The highest BCUT2D eigenvalue weighted by Gasteiger charge is 2.54. The molecule has 478 valence electrons. The van der Waals surface area contributed by atoms with E-state index in [-0.39, 0.29) is 68.5 Å². The van der Waals surface area contributed by atoms with Gasteiger partial charge in [0.1, 0.15) is 47.9 Å². The number of ether oxygens (including phenoxy) is 8. The third-order valence-corrected chi connectivity index (χ3v) is 17.3. The van der Waals surface area contributed by atoms with E-state index < -0.39 is 119 Å². The molecular formula is C60H100N6O18. The number of aromatic nitrogens is 1. The van der Waals surface area contributed by atoms with Gasteiger partial charge in [0.25, 0.3) is 0 Å². The number of aliphatic hydroxyl groups excluding tert-OH is 2. The summed E-state index contributed by atoms with van der Waals surface area (Å²) in [6, 6.07) is 4.41. The fourth-order valence-corrected chi connectivity index (χ4v) is 12.3. The van der Waals surface area contributed by atoms with Crippen LogP contribution in [0, 0.1) is 23.7 Å². The molecule has 18 atom stereocenters. The molecule has 1 aromatic carbocycles. The molecule has 3 aliphatic heterocycles. The SMILES string of the molecule is CC[C@H]1OC(=O)[C@H](C)[C@@H](O[C@H]2C[C@@](C)(OC)[C@@H](OC(=O)CCNCCOc3ccc4c(=O)c(C(=O)O)cn(N(C)C)c4c3)[C@H](C)O2)[C@H](C)[C@@H](O[C@@H]2O[C@H](C)C[C@H](N(C)C)[C@H]2O)[C@](C)(O)C[C@@H](C)C(=NOCCN(CC)CC)C(C)[C@@H](O)[C@]1(C)O. The molecule has 4 heterocycles. The lowest BCUT2D eigenvalue weighted by molar-refractivity contribution is -0.318. The molecule has 0 amide bonds. The molecule has 6 N–H and O–H groups in total. The Labute approximate surface area is 495 Å². The number of oxime groups is 1. The summed E-state index contributed by atoms with van der Waals surface area (Å²) in [5.41, 5.74) is -5.15. The van der Waals surface area contributed by atoms with E-state index in [4.69, 9.17) is 42.7 Å². The van der Waals surface area contributed by atoms with Crippen molar-refractivity contribution in [2.75, 3.05) is 86.2 Å². The number of benzene rings is 1. The minimum Gasteiger partial charge on any atom is -0.492 e. The zero-order chi connectivity index (χ0) is 62.8. The number of carbonyl (C=O) groups is 3. The first-order valence-electron chi connectivity index (χ1n) is 29.8. The molecule has 2 aromatic rings. The van der Waals surface area contributed by atoms with Crippen LogP contribution in [0.5, 0.6) is 5.75 Å². The number of carboxylic acids is 1. The molecule has 0 saturated carbocycles. The standard InChI is InChI=1S/C60H100N6O18/c1-18-45-60(12,75)52(70)36(6)48(62-78-28-26-65(19-2)20-3)34(4)31-58(10,74)53(84-57-50(69)44(63(13)14)29-35(5)79-57)37(7)51(38(8)56(73)81-45)83-47-32-59(11,76-17)54(39(9)80-47)82-46(67)23-24-61-25-27-77-40-21-22-41-43(30-40)66(64(15)16)33-42(49(41)68)55(71)72/h21-22,30,33-39,44-45,47,50-54,57,61,69-70,74-75H,18-20,23-29,31-32H2,1-17H3,(H,71,72)/t34-,35-,36?,37+,38-,39+,44+,45-,47+,50-,51+,52-,53-,54+,57+,58-,59-,60-/m1/s1. The van der Waals surface area contributed by atoms with Crippen molar-refractivity contribution < 1.29 is 82.6 Å². The maximum absolute atomic E-state index is 14.8. The number of nitrogens with zero attached hydrogens (tertiary/aromatic N) is 5. The summed E-state index contributed by atoms with van der Waals surface area (Å²) in [5.74, 6) is -5.73. The number of hydrogen-bond acceptors (Lipinski definition) is 22. The number of carboxylic acid groups (broad SMARTS) is 1. The van der Waals surface area contributed by atoms with Gasteiger partial charge in [-0.15, -0.1) is 0 Å². The Hall–Kier alpha value is -4.57. The molecule has 3 aliphatic rings. The van der Waals surface area contributed by atoms with Crippen LogP contribution in [0.4, 0.5) is 0 Å². The Morgan fingerprint density at radius 2 is 1.57 bits per heavy atom. The fraction of sp³-hybridized carbons (Fsp3) is 0.783. The lowest BCUT2D eigenvalue weighted by atomic mass is 9.73. The van der Waals surface area contributed by atoms with Crippen molar-refractivity contribution in [2.24, 2.45) is 28.8 Å². The number of nitrogens with one attached hydrogen (secondary N) is 1. The van der Waals surface area contributed by atoms with Crippen molar-refractivity contribution >= 4 is 34.5 Å². The lowest BCUT2D eigenvalue weighted by Gasteiger charge is -2.49. The van der Waals surface area contributed by atoms with E-state index >= 15 is 0 Å². The van der Waals surface area contributed by atoms with Crippen molar-refractivity contribution in [3.05, 3.63) is 40.2 Å². The Balaban J connectivity index is 1.39. The van der Waals surface area contributed by atoms with Gasteiger partial charge in [-0.3, -0.25) is 19.1 Å². The van der Waals surface area contributed by atoms with Crippen molar-refractivity contribution in [3.63, 3.8) is 0 Å². The second kappa shape index (κ2) is 30.4. The fourth-order valence-electron chi connectivity index (χ4n) is 12.3. The zero-order valence-electron chi connectivity index (χ0n) is 52.7. The van der Waals surface area contributed by atoms with Crippen LogP contribution >= 0.6 is 0 Å². The average molecular weight is 1190 g/mol. The van der Waals surface area contributed by atoms with Gasteiger partial charge in [-0.1, -0.05) is 46.7 Å². The highest BCUT2D eigenvalue weighted by Crippen LogP contribution is 2.42. The summed E-state index contributed by atoms with van der Waals surface area (Å²) in [6.07, 6.45) is -8.93. The van der Waals surface area contributed by atoms with Crippen LogP contribution in [0.2, 0.25) is 0 Å². The molecule has 3 saturated heterocycles. The van der Waals surface area contributed by atoms with E-state index in [9.17, 15) is 44.7 Å². The minimum atomic E-state index is -2.00. The predicted octanol–water partition coefficient (Wildman–Crippen LogP) is 3.75. The van der Waals surface area contributed by atoms with Crippen LogP contribution < -0.4 is 20.5 Å². The second-order valence-corrected chi connectivity index (χ2v) is 24.3. The first-order valence-corrected chi connectivity index (χ1v) is 29.8. The van der Waals surface area contributed by atoms with Gasteiger partial charge in [-0.2, -0.15) is 0 Å². The highest BCUT2D eigenvalue weighted by atomic mass is 16.7. The van der Waals surface area contributed by atoms with E-state index in [1.807, 2.05) is 46.7 Å². The monoisotopic (exact) mass is 1190 g/mol.